The van der Waals surface area contributed by atoms with E-state index in [1.807, 2.05) is 6.92 Å². The molecule has 6 nitrogen and oxygen atoms in total. The van der Waals surface area contributed by atoms with Crippen molar-refractivity contribution in [3.8, 4) is 0 Å². The van der Waals surface area contributed by atoms with Crippen LogP contribution in [-0.2, 0) is 17.6 Å². The van der Waals surface area contributed by atoms with Crippen molar-refractivity contribution in [3.05, 3.63) is 17.2 Å². The average molecular weight is 252 g/mol. The number of carboxylic acid groups (broad SMARTS) is 2. The molecule has 0 bridgehead atoms. The lowest BCUT2D eigenvalue weighted by molar-refractivity contribution is -0.141. The second-order valence-electron chi connectivity index (χ2n) is 4.49. The third-order valence-electron chi connectivity index (χ3n) is 3.25. The zero-order chi connectivity index (χ0) is 13.3. The van der Waals surface area contributed by atoms with E-state index in [2.05, 4.69) is 4.98 Å². The van der Waals surface area contributed by atoms with Gasteiger partial charge in [-0.25, -0.2) is 14.6 Å². The second kappa shape index (κ2) is 4.80. The van der Waals surface area contributed by atoms with E-state index in [0.29, 0.717) is 37.2 Å². The van der Waals surface area contributed by atoms with Gasteiger partial charge in [0.15, 0.2) is 5.69 Å². The van der Waals surface area contributed by atoms with Crippen molar-refractivity contribution in [1.29, 1.82) is 0 Å². The predicted molar refractivity (Wildman–Crippen MR) is 62.8 cm³/mol. The smallest absolute Gasteiger partial charge is 0.356 e. The van der Waals surface area contributed by atoms with Gasteiger partial charge in [0.05, 0.1) is 5.69 Å². The van der Waals surface area contributed by atoms with Crippen LogP contribution in [0.2, 0.25) is 0 Å². The fraction of sp³-hybridized carbons (Fsp3) is 0.583. The van der Waals surface area contributed by atoms with Crippen LogP contribution in [0.4, 0.5) is 0 Å². The lowest BCUT2D eigenvalue weighted by Crippen LogP contribution is -2.27. The first-order valence-corrected chi connectivity index (χ1v) is 6.12. The van der Waals surface area contributed by atoms with E-state index in [1.54, 1.807) is 4.57 Å². The summed E-state index contributed by atoms with van der Waals surface area (Å²) >= 11 is 0. The van der Waals surface area contributed by atoms with Crippen molar-refractivity contribution in [1.82, 2.24) is 9.55 Å². The molecule has 1 atom stereocenters. The Hall–Kier alpha value is -1.85. The normalized spacial score (nSPS) is 18.4. The van der Waals surface area contributed by atoms with E-state index in [9.17, 15) is 14.7 Å². The van der Waals surface area contributed by atoms with Crippen molar-refractivity contribution in [2.75, 3.05) is 0 Å². The van der Waals surface area contributed by atoms with Crippen LogP contribution < -0.4 is 0 Å². The number of imidazole rings is 1. The molecule has 0 radical (unpaired) electrons. The zero-order valence-electron chi connectivity index (χ0n) is 10.2. The highest BCUT2D eigenvalue weighted by Crippen LogP contribution is 2.29. The molecule has 1 aliphatic rings. The molecule has 2 N–H and O–H groups in total. The quantitative estimate of drug-likeness (QED) is 0.847. The molecule has 1 aromatic rings. The highest BCUT2D eigenvalue weighted by atomic mass is 16.4. The Morgan fingerprint density at radius 3 is 2.72 bits per heavy atom. The molecule has 1 aromatic heterocycles. The topological polar surface area (TPSA) is 92.4 Å². The molecule has 98 valence electrons. The van der Waals surface area contributed by atoms with E-state index in [4.69, 9.17) is 5.11 Å². The van der Waals surface area contributed by atoms with Crippen LogP contribution >= 0.6 is 0 Å². The summed E-state index contributed by atoms with van der Waals surface area (Å²) in [5.41, 5.74) is 0.578. The van der Waals surface area contributed by atoms with Crippen molar-refractivity contribution >= 4 is 11.9 Å². The summed E-state index contributed by atoms with van der Waals surface area (Å²) in [5.74, 6) is -1.41. The third-order valence-corrected chi connectivity index (χ3v) is 3.25. The summed E-state index contributed by atoms with van der Waals surface area (Å²) in [4.78, 5) is 26.5. The minimum Gasteiger partial charge on any atom is -0.480 e. The van der Waals surface area contributed by atoms with Gasteiger partial charge in [-0.3, -0.25) is 0 Å². The monoisotopic (exact) mass is 252 g/mol. The molecular weight excluding hydrogens is 236 g/mol. The molecule has 1 aliphatic heterocycles. The first-order chi connectivity index (χ1) is 8.56. The van der Waals surface area contributed by atoms with Crippen LogP contribution in [-0.4, -0.2) is 31.7 Å². The molecule has 2 heterocycles. The van der Waals surface area contributed by atoms with Crippen LogP contribution in [0.15, 0.2) is 0 Å². The van der Waals surface area contributed by atoms with E-state index in [-0.39, 0.29) is 5.69 Å². The number of aromatic carboxylic acids is 1. The molecule has 6 heteroatoms. The van der Waals surface area contributed by atoms with Gasteiger partial charge in [0.1, 0.15) is 11.9 Å². The minimum absolute atomic E-state index is 0.0180. The molecule has 0 amide bonds. The first kappa shape index (κ1) is 12.6. The first-order valence-electron chi connectivity index (χ1n) is 6.12. The number of aliphatic carboxylic acids is 1. The van der Waals surface area contributed by atoms with Crippen molar-refractivity contribution in [3.63, 3.8) is 0 Å². The number of aryl methyl sites for hydroxylation is 1. The second-order valence-corrected chi connectivity index (χ2v) is 4.49. The maximum absolute atomic E-state index is 11.3. The van der Waals surface area contributed by atoms with Crippen LogP contribution in [0.1, 0.15) is 54.2 Å². The molecule has 0 spiro atoms. The predicted octanol–water partition coefficient (Wildman–Crippen LogP) is 1.50. The Bertz CT molecular complexity index is 493. The lowest BCUT2D eigenvalue weighted by atomic mass is 10.0. The summed E-state index contributed by atoms with van der Waals surface area (Å²) < 4.78 is 1.62. The van der Waals surface area contributed by atoms with E-state index >= 15 is 0 Å². The maximum atomic E-state index is 11.3. The number of nitrogens with zero attached hydrogens (tertiary/aromatic N) is 2. The molecular formula is C12H16N2O4. The standard InChI is InChI=1S/C12H16N2O4/c1-2-4-9-13-10(12(17)18)7-5-3-6-8(11(15)16)14(7)9/h8H,2-6H2,1H3,(H,15,16)(H,17,18). The van der Waals surface area contributed by atoms with Crippen molar-refractivity contribution in [2.24, 2.45) is 0 Å². The minimum atomic E-state index is -1.08. The molecule has 1 unspecified atom stereocenters. The van der Waals surface area contributed by atoms with Gasteiger partial charge < -0.3 is 14.8 Å². The number of carbonyl (C=O) groups is 2. The molecule has 18 heavy (non-hydrogen) atoms. The Morgan fingerprint density at radius 1 is 1.44 bits per heavy atom. The van der Waals surface area contributed by atoms with Crippen molar-refractivity contribution < 1.29 is 19.8 Å². The largest absolute Gasteiger partial charge is 0.480 e. The summed E-state index contributed by atoms with van der Waals surface area (Å²) in [6, 6.07) is -0.670. The van der Waals surface area contributed by atoms with Gasteiger partial charge in [-0.15, -0.1) is 0 Å². The van der Waals surface area contributed by atoms with Gasteiger partial charge in [-0.2, -0.15) is 0 Å². The Balaban J connectivity index is 2.56. The summed E-state index contributed by atoms with van der Waals surface area (Å²) in [7, 11) is 0. The highest BCUT2D eigenvalue weighted by molar-refractivity contribution is 5.87. The van der Waals surface area contributed by atoms with Gasteiger partial charge in [0, 0.05) is 6.42 Å². The SMILES string of the molecule is CCCc1nc(C(=O)O)c2n1C(C(=O)O)CCC2. The Labute approximate surface area is 104 Å². The Kier molecular flexibility index (Phi) is 3.36. The molecule has 0 aromatic carbocycles. The summed E-state index contributed by atoms with van der Waals surface area (Å²) in [6.07, 6.45) is 3.22. The van der Waals surface area contributed by atoms with Crippen LogP contribution in [0, 0.1) is 0 Å². The van der Waals surface area contributed by atoms with Crippen LogP contribution in [0.25, 0.3) is 0 Å². The van der Waals surface area contributed by atoms with Gasteiger partial charge in [-0.1, -0.05) is 6.92 Å². The van der Waals surface area contributed by atoms with Gasteiger partial charge in [0.2, 0.25) is 0 Å². The van der Waals surface area contributed by atoms with Crippen LogP contribution in [0.3, 0.4) is 0 Å². The fourth-order valence-electron chi connectivity index (χ4n) is 2.52. The lowest BCUT2D eigenvalue weighted by Gasteiger charge is -2.24. The van der Waals surface area contributed by atoms with Crippen LogP contribution in [0.5, 0.6) is 0 Å². The Morgan fingerprint density at radius 2 is 2.17 bits per heavy atom. The number of aromatic nitrogens is 2. The van der Waals surface area contributed by atoms with Gasteiger partial charge in [-0.05, 0) is 25.7 Å². The van der Waals surface area contributed by atoms with Gasteiger partial charge >= 0.3 is 11.9 Å². The number of fused-ring (bicyclic) bond motifs is 1. The maximum Gasteiger partial charge on any atom is 0.356 e. The molecule has 0 saturated heterocycles. The number of hydrogen-bond acceptors (Lipinski definition) is 3. The van der Waals surface area contributed by atoms with E-state index in [0.717, 1.165) is 6.42 Å². The summed E-state index contributed by atoms with van der Waals surface area (Å²) in [5, 5.41) is 18.4. The number of rotatable bonds is 4. The third kappa shape index (κ3) is 1.98. The molecule has 2 rings (SSSR count). The van der Waals surface area contributed by atoms with Gasteiger partial charge in [0.25, 0.3) is 0 Å². The highest BCUT2D eigenvalue weighted by Gasteiger charge is 2.32. The van der Waals surface area contributed by atoms with E-state index < -0.39 is 18.0 Å². The average Bonchev–Trinajstić information content (AvgIpc) is 2.69. The molecule has 0 aliphatic carbocycles. The number of hydrogen-bond donors (Lipinski definition) is 2. The summed E-state index contributed by atoms with van der Waals surface area (Å²) in [6.45, 7) is 1.96. The zero-order valence-corrected chi connectivity index (χ0v) is 10.2. The fourth-order valence-corrected chi connectivity index (χ4v) is 2.52. The van der Waals surface area contributed by atoms with Crippen molar-refractivity contribution in [2.45, 2.75) is 45.1 Å². The molecule has 0 fully saturated rings. The number of carboxylic acids is 2. The van der Waals surface area contributed by atoms with E-state index in [1.165, 1.54) is 0 Å². The molecule has 0 saturated carbocycles.